The third kappa shape index (κ3) is 3.67. The summed E-state index contributed by atoms with van der Waals surface area (Å²) >= 11 is 0. The first-order chi connectivity index (χ1) is 12.8. The molecule has 2 heterocycles. The Morgan fingerprint density at radius 1 is 1.22 bits per heavy atom. The number of carbonyl (C=O) groups is 2. The number of carboxylic acid groups (broad SMARTS) is 1. The lowest BCUT2D eigenvalue weighted by Crippen LogP contribution is -2.26. The smallest absolute Gasteiger partial charge is 0.335 e. The number of amides is 1. The topological polar surface area (TPSA) is 88.3 Å². The molecule has 0 bridgehead atoms. The molecular formula is C20H22N4O3. The number of hydrogen-bond acceptors (Lipinski definition) is 4. The molecule has 1 N–H and O–H groups in total. The number of aromatic carboxylic acids is 1. The molecule has 140 valence electrons. The van der Waals surface area contributed by atoms with Gasteiger partial charge in [-0.05, 0) is 44.5 Å². The predicted octanol–water partition coefficient (Wildman–Crippen LogP) is 3.29. The summed E-state index contributed by atoms with van der Waals surface area (Å²) in [6, 6.07) is 8.44. The molecule has 1 aromatic carbocycles. The van der Waals surface area contributed by atoms with Crippen LogP contribution in [0.1, 0.15) is 51.9 Å². The van der Waals surface area contributed by atoms with Gasteiger partial charge in [-0.2, -0.15) is 5.10 Å². The number of nitrogens with zero attached hydrogens (tertiary/aromatic N) is 4. The minimum absolute atomic E-state index is 0.129. The molecule has 0 unspecified atom stereocenters. The molecular weight excluding hydrogens is 344 g/mol. The second kappa shape index (κ2) is 7.19. The Bertz CT molecular complexity index is 1010. The van der Waals surface area contributed by atoms with Gasteiger partial charge in [0.2, 0.25) is 0 Å². The summed E-state index contributed by atoms with van der Waals surface area (Å²) in [7, 11) is 1.72. The number of hydrogen-bond donors (Lipinski definition) is 1. The van der Waals surface area contributed by atoms with Gasteiger partial charge >= 0.3 is 5.97 Å². The summed E-state index contributed by atoms with van der Waals surface area (Å²) in [5.41, 5.74) is 3.10. The summed E-state index contributed by atoms with van der Waals surface area (Å²) in [5.74, 6) is -1.10. The van der Waals surface area contributed by atoms with E-state index < -0.39 is 5.97 Å². The van der Waals surface area contributed by atoms with Gasteiger partial charge in [-0.1, -0.05) is 12.1 Å². The van der Waals surface area contributed by atoms with Gasteiger partial charge in [-0.25, -0.2) is 14.5 Å². The zero-order valence-electron chi connectivity index (χ0n) is 15.8. The van der Waals surface area contributed by atoms with Gasteiger partial charge in [0.15, 0.2) is 5.65 Å². The van der Waals surface area contributed by atoms with Gasteiger partial charge in [0.05, 0.1) is 22.7 Å². The molecule has 0 aliphatic heterocycles. The van der Waals surface area contributed by atoms with E-state index in [1.165, 1.54) is 12.1 Å². The lowest BCUT2D eigenvalue weighted by atomic mass is 10.1. The zero-order valence-corrected chi connectivity index (χ0v) is 15.8. The molecule has 0 saturated carbocycles. The van der Waals surface area contributed by atoms with Crippen LogP contribution in [0.3, 0.4) is 0 Å². The molecule has 0 aliphatic rings. The molecule has 0 fully saturated rings. The molecule has 27 heavy (non-hydrogen) atoms. The summed E-state index contributed by atoms with van der Waals surface area (Å²) in [5, 5.41) is 14.1. The van der Waals surface area contributed by atoms with Crippen LogP contribution in [0.25, 0.3) is 11.0 Å². The Balaban J connectivity index is 1.89. The lowest BCUT2D eigenvalue weighted by Gasteiger charge is -2.18. The second-order valence-electron chi connectivity index (χ2n) is 6.89. The zero-order chi connectivity index (χ0) is 19.7. The molecule has 1 amide bonds. The fraction of sp³-hybridized carbons (Fsp3) is 0.300. The highest BCUT2D eigenvalue weighted by molar-refractivity contribution is 6.05. The molecule has 2 aromatic heterocycles. The van der Waals surface area contributed by atoms with Crippen LogP contribution in [-0.4, -0.2) is 43.7 Å². The number of aromatic nitrogens is 3. The highest BCUT2D eigenvalue weighted by Gasteiger charge is 2.20. The lowest BCUT2D eigenvalue weighted by molar-refractivity contribution is 0.0695. The maximum Gasteiger partial charge on any atom is 0.335 e. The largest absolute Gasteiger partial charge is 0.478 e. The SMILES string of the molecule is Cc1cc(C(=O)N(C)Cc2ccc(C(=O)O)cc2)c2cnn(C(C)C)c2n1. The van der Waals surface area contributed by atoms with Gasteiger partial charge in [0.1, 0.15) is 0 Å². The first-order valence-electron chi connectivity index (χ1n) is 8.70. The van der Waals surface area contributed by atoms with Crippen molar-refractivity contribution >= 4 is 22.9 Å². The van der Waals surface area contributed by atoms with Crippen molar-refractivity contribution in [3.05, 3.63) is 58.9 Å². The molecule has 0 radical (unpaired) electrons. The number of aryl methyl sites for hydroxylation is 1. The summed E-state index contributed by atoms with van der Waals surface area (Å²) in [6.45, 7) is 6.27. The van der Waals surface area contributed by atoms with Crippen LogP contribution >= 0.6 is 0 Å². The molecule has 0 spiro atoms. The Hall–Kier alpha value is -3.22. The van der Waals surface area contributed by atoms with E-state index in [4.69, 9.17) is 5.11 Å². The standard InChI is InChI=1S/C20H22N4O3/c1-12(2)24-18-17(10-21-24)16(9-13(3)22-18)19(25)23(4)11-14-5-7-15(8-6-14)20(26)27/h5-10,12H,11H2,1-4H3,(H,26,27). The van der Waals surface area contributed by atoms with Crippen LogP contribution in [0.5, 0.6) is 0 Å². The quantitative estimate of drug-likeness (QED) is 0.748. The highest BCUT2D eigenvalue weighted by Crippen LogP contribution is 2.22. The molecule has 0 aliphatic carbocycles. The number of pyridine rings is 1. The van der Waals surface area contributed by atoms with Gasteiger partial charge in [-0.3, -0.25) is 4.79 Å². The van der Waals surface area contributed by atoms with E-state index in [0.29, 0.717) is 17.8 Å². The Morgan fingerprint density at radius 2 is 1.89 bits per heavy atom. The van der Waals surface area contributed by atoms with E-state index in [0.717, 1.165) is 16.6 Å². The van der Waals surface area contributed by atoms with Crippen LogP contribution in [0.4, 0.5) is 0 Å². The van der Waals surface area contributed by atoms with Crippen molar-refractivity contribution in [3.8, 4) is 0 Å². The maximum atomic E-state index is 13.0. The fourth-order valence-electron chi connectivity index (χ4n) is 3.00. The number of fused-ring (bicyclic) bond motifs is 1. The van der Waals surface area contributed by atoms with Gasteiger partial charge in [0.25, 0.3) is 5.91 Å². The average Bonchev–Trinajstić information content (AvgIpc) is 3.04. The van der Waals surface area contributed by atoms with Crippen LogP contribution in [-0.2, 0) is 6.54 Å². The normalized spacial score (nSPS) is 11.1. The van der Waals surface area contributed by atoms with Crippen molar-refractivity contribution in [1.82, 2.24) is 19.7 Å². The summed E-state index contributed by atoms with van der Waals surface area (Å²) in [6.07, 6.45) is 1.69. The Labute approximate surface area is 157 Å². The van der Waals surface area contributed by atoms with Crippen LogP contribution in [0.2, 0.25) is 0 Å². The third-order valence-electron chi connectivity index (χ3n) is 4.38. The van der Waals surface area contributed by atoms with Gasteiger partial charge in [0, 0.05) is 25.3 Å². The molecule has 7 nitrogen and oxygen atoms in total. The number of rotatable bonds is 5. The van der Waals surface area contributed by atoms with Gasteiger partial charge < -0.3 is 10.0 Å². The number of carboxylic acids is 1. The second-order valence-corrected chi connectivity index (χ2v) is 6.89. The minimum atomic E-state index is -0.970. The van der Waals surface area contributed by atoms with E-state index in [9.17, 15) is 9.59 Å². The van der Waals surface area contributed by atoms with E-state index in [-0.39, 0.29) is 17.5 Å². The van der Waals surface area contributed by atoms with E-state index in [1.807, 2.05) is 25.5 Å². The minimum Gasteiger partial charge on any atom is -0.478 e. The third-order valence-corrected chi connectivity index (χ3v) is 4.38. The van der Waals surface area contributed by atoms with Crippen molar-refractivity contribution < 1.29 is 14.7 Å². The van der Waals surface area contributed by atoms with Crippen LogP contribution in [0, 0.1) is 6.92 Å². The number of carbonyl (C=O) groups excluding carboxylic acids is 1. The van der Waals surface area contributed by atoms with Crippen LogP contribution in [0.15, 0.2) is 36.5 Å². The van der Waals surface area contributed by atoms with Crippen LogP contribution < -0.4 is 0 Å². The molecule has 7 heteroatoms. The molecule has 0 saturated heterocycles. The monoisotopic (exact) mass is 366 g/mol. The Kier molecular flexibility index (Phi) is 4.94. The van der Waals surface area contributed by atoms with E-state index in [2.05, 4.69) is 10.1 Å². The summed E-state index contributed by atoms with van der Waals surface area (Å²) in [4.78, 5) is 30.1. The van der Waals surface area contributed by atoms with Crippen molar-refractivity contribution in [2.24, 2.45) is 0 Å². The van der Waals surface area contributed by atoms with E-state index >= 15 is 0 Å². The van der Waals surface area contributed by atoms with Crippen molar-refractivity contribution in [2.45, 2.75) is 33.4 Å². The van der Waals surface area contributed by atoms with Crippen molar-refractivity contribution in [3.63, 3.8) is 0 Å². The van der Waals surface area contributed by atoms with Crippen molar-refractivity contribution in [1.29, 1.82) is 0 Å². The fourth-order valence-corrected chi connectivity index (χ4v) is 3.00. The average molecular weight is 366 g/mol. The maximum absolute atomic E-state index is 13.0. The van der Waals surface area contributed by atoms with Crippen molar-refractivity contribution in [2.75, 3.05) is 7.05 Å². The molecule has 3 rings (SSSR count). The Morgan fingerprint density at radius 3 is 2.48 bits per heavy atom. The first-order valence-corrected chi connectivity index (χ1v) is 8.70. The number of benzene rings is 1. The van der Waals surface area contributed by atoms with E-state index in [1.54, 1.807) is 36.3 Å². The summed E-state index contributed by atoms with van der Waals surface area (Å²) < 4.78 is 1.81. The molecule has 3 aromatic rings. The highest BCUT2D eigenvalue weighted by atomic mass is 16.4. The first kappa shape index (κ1) is 18.6. The molecule has 0 atom stereocenters. The van der Waals surface area contributed by atoms with Gasteiger partial charge in [-0.15, -0.1) is 0 Å². The predicted molar refractivity (Wildman–Crippen MR) is 102 cm³/mol.